The van der Waals surface area contributed by atoms with Gasteiger partial charge in [-0.2, -0.15) is 4.52 Å². The predicted octanol–water partition coefficient (Wildman–Crippen LogP) is 2.48. The van der Waals surface area contributed by atoms with E-state index in [1.807, 2.05) is 40.7 Å². The number of amides is 1. The van der Waals surface area contributed by atoms with Crippen molar-refractivity contribution in [2.45, 2.75) is 26.3 Å². The van der Waals surface area contributed by atoms with Crippen molar-refractivity contribution in [1.29, 1.82) is 0 Å². The molecule has 1 fully saturated rings. The van der Waals surface area contributed by atoms with E-state index in [1.165, 1.54) is 11.3 Å². The fourth-order valence-electron chi connectivity index (χ4n) is 4.07. The Morgan fingerprint density at radius 3 is 2.50 bits per heavy atom. The van der Waals surface area contributed by atoms with Crippen molar-refractivity contribution in [3.63, 3.8) is 0 Å². The summed E-state index contributed by atoms with van der Waals surface area (Å²) in [5.74, 6) is 1.62. The summed E-state index contributed by atoms with van der Waals surface area (Å²) in [5.41, 5.74) is 1.63. The first-order chi connectivity index (χ1) is 17.1. The lowest BCUT2D eigenvalue weighted by atomic mass is 10.1. The number of hydrogen-bond donors (Lipinski definition) is 2. The summed E-state index contributed by atoms with van der Waals surface area (Å²) in [4.78, 5) is 24.8. The van der Waals surface area contributed by atoms with E-state index in [1.54, 1.807) is 7.11 Å². The molecule has 0 spiro atoms. The van der Waals surface area contributed by atoms with Gasteiger partial charge in [0.15, 0.2) is 5.82 Å². The third-order valence-electron chi connectivity index (χ3n) is 6.10. The van der Waals surface area contributed by atoms with E-state index in [4.69, 9.17) is 14.8 Å². The van der Waals surface area contributed by atoms with Crippen molar-refractivity contribution < 1.29 is 9.53 Å². The first-order valence-corrected chi connectivity index (χ1v) is 13.2. The van der Waals surface area contributed by atoms with Crippen molar-refractivity contribution in [3.8, 4) is 17.0 Å². The second-order valence-electron chi connectivity index (χ2n) is 10.3. The van der Waals surface area contributed by atoms with Crippen LogP contribution in [0.4, 0.5) is 10.9 Å². The van der Waals surface area contributed by atoms with E-state index in [2.05, 4.69) is 48.3 Å². The van der Waals surface area contributed by atoms with Crippen LogP contribution < -0.4 is 20.3 Å². The average molecular weight is 515 g/mol. The largest absolute Gasteiger partial charge is 0.497 e. The zero-order chi connectivity index (χ0) is 25.9. The molecule has 1 aliphatic rings. The standard InChI is InChI=1S/C25H38N8O2S/c1-25(2,3)28-22-21(18-7-9-19(35-6)10-8-18)27-23-33(22)29-24(36-23)31(5)17-20(34)26-11-12-32-15-13-30(4)14-16-32/h7-10,28H,11-17H2,1-6H3,(H,26,34). The minimum atomic E-state index is -0.184. The highest BCUT2D eigenvalue weighted by Gasteiger charge is 2.23. The molecule has 11 heteroatoms. The van der Waals surface area contributed by atoms with Gasteiger partial charge >= 0.3 is 0 Å². The molecule has 0 atom stereocenters. The summed E-state index contributed by atoms with van der Waals surface area (Å²) in [6.07, 6.45) is 0. The number of aromatic nitrogens is 3. The van der Waals surface area contributed by atoms with Crippen molar-refractivity contribution >= 4 is 33.2 Å². The van der Waals surface area contributed by atoms with E-state index in [0.717, 1.165) is 65.6 Å². The van der Waals surface area contributed by atoms with Crippen LogP contribution in [0.25, 0.3) is 16.2 Å². The molecule has 3 heterocycles. The Balaban J connectivity index is 1.44. The summed E-state index contributed by atoms with van der Waals surface area (Å²) >= 11 is 1.47. The molecule has 36 heavy (non-hydrogen) atoms. The molecule has 1 amide bonds. The van der Waals surface area contributed by atoms with Gasteiger partial charge < -0.3 is 25.2 Å². The number of ether oxygens (including phenoxy) is 1. The van der Waals surface area contributed by atoms with Crippen molar-refractivity contribution in [2.24, 2.45) is 0 Å². The van der Waals surface area contributed by atoms with Gasteiger partial charge in [0.05, 0.1) is 13.7 Å². The molecule has 0 bridgehead atoms. The number of fused-ring (bicyclic) bond motifs is 1. The zero-order valence-electron chi connectivity index (χ0n) is 22.2. The average Bonchev–Trinajstić information content (AvgIpc) is 3.39. The van der Waals surface area contributed by atoms with Crippen LogP contribution in [0.1, 0.15) is 20.8 Å². The minimum absolute atomic E-state index is 0.00794. The highest BCUT2D eigenvalue weighted by Crippen LogP contribution is 2.35. The topological polar surface area (TPSA) is 90.3 Å². The third kappa shape index (κ3) is 6.45. The van der Waals surface area contributed by atoms with Crippen LogP contribution in [-0.2, 0) is 4.79 Å². The van der Waals surface area contributed by atoms with Crippen LogP contribution in [0, 0.1) is 0 Å². The van der Waals surface area contributed by atoms with Crippen LogP contribution in [0.3, 0.4) is 0 Å². The number of nitrogens with one attached hydrogen (secondary N) is 2. The van der Waals surface area contributed by atoms with E-state index in [-0.39, 0.29) is 18.0 Å². The first-order valence-electron chi connectivity index (χ1n) is 12.3. The molecule has 3 aromatic rings. The van der Waals surface area contributed by atoms with E-state index >= 15 is 0 Å². The summed E-state index contributed by atoms with van der Waals surface area (Å²) < 4.78 is 7.14. The molecule has 10 nitrogen and oxygen atoms in total. The van der Waals surface area contributed by atoms with E-state index < -0.39 is 0 Å². The molecule has 1 aromatic carbocycles. The van der Waals surface area contributed by atoms with Gasteiger partial charge in [0.25, 0.3) is 0 Å². The Hall–Kier alpha value is -2.89. The van der Waals surface area contributed by atoms with Gasteiger partial charge in [-0.05, 0) is 52.1 Å². The fourth-order valence-corrected chi connectivity index (χ4v) is 4.94. The number of nitrogens with zero attached hydrogens (tertiary/aromatic N) is 6. The van der Waals surface area contributed by atoms with Crippen LogP contribution in [0.15, 0.2) is 24.3 Å². The number of carbonyl (C=O) groups excluding carboxylic acids is 1. The SMILES string of the molecule is COc1ccc(-c2nc3sc(N(C)CC(=O)NCCN4CCN(C)CC4)nn3c2NC(C)(C)C)cc1. The Bertz CT molecular complexity index is 1160. The maximum atomic E-state index is 12.6. The summed E-state index contributed by atoms with van der Waals surface area (Å²) in [5, 5.41) is 12.2. The fraction of sp³-hybridized carbons (Fsp3) is 0.560. The van der Waals surface area contributed by atoms with Crippen molar-refractivity contribution in [3.05, 3.63) is 24.3 Å². The van der Waals surface area contributed by atoms with Crippen molar-refractivity contribution in [2.75, 3.05) is 77.2 Å². The Labute approximate surface area is 217 Å². The van der Waals surface area contributed by atoms with Gasteiger partial charge in [0, 0.05) is 57.4 Å². The molecular formula is C25H38N8O2S. The molecule has 1 aliphatic heterocycles. The number of methoxy groups -OCH3 is 1. The normalized spacial score (nSPS) is 15.3. The molecular weight excluding hydrogens is 476 g/mol. The number of carbonyl (C=O) groups is 1. The van der Waals surface area contributed by atoms with Gasteiger partial charge in [-0.1, -0.05) is 11.3 Å². The lowest BCUT2D eigenvalue weighted by molar-refractivity contribution is -0.119. The summed E-state index contributed by atoms with van der Waals surface area (Å²) in [7, 11) is 5.69. The molecule has 0 radical (unpaired) electrons. The second-order valence-corrected chi connectivity index (χ2v) is 11.3. The van der Waals surface area contributed by atoms with Crippen LogP contribution in [-0.4, -0.2) is 103 Å². The van der Waals surface area contributed by atoms with Gasteiger partial charge in [-0.15, -0.1) is 5.10 Å². The third-order valence-corrected chi connectivity index (χ3v) is 7.13. The quantitative estimate of drug-likeness (QED) is 0.450. The monoisotopic (exact) mass is 514 g/mol. The first kappa shape index (κ1) is 26.2. The maximum absolute atomic E-state index is 12.6. The minimum Gasteiger partial charge on any atom is -0.497 e. The molecule has 2 aromatic heterocycles. The van der Waals surface area contributed by atoms with E-state index in [0.29, 0.717) is 6.54 Å². The molecule has 0 unspecified atom stereocenters. The van der Waals surface area contributed by atoms with Crippen LogP contribution in [0.2, 0.25) is 0 Å². The smallest absolute Gasteiger partial charge is 0.239 e. The molecule has 4 rings (SSSR count). The highest BCUT2D eigenvalue weighted by molar-refractivity contribution is 7.20. The van der Waals surface area contributed by atoms with Gasteiger partial charge in [-0.25, -0.2) is 4.98 Å². The van der Waals surface area contributed by atoms with Crippen LogP contribution in [0.5, 0.6) is 5.75 Å². The number of imidazole rings is 1. The number of rotatable bonds is 9. The Morgan fingerprint density at radius 1 is 1.17 bits per heavy atom. The number of piperazine rings is 1. The van der Waals surface area contributed by atoms with Gasteiger partial charge in [0.2, 0.25) is 16.0 Å². The second kappa shape index (κ2) is 11.0. The van der Waals surface area contributed by atoms with Gasteiger partial charge in [0.1, 0.15) is 11.4 Å². The summed E-state index contributed by atoms with van der Waals surface area (Å²) in [6, 6.07) is 7.86. The Morgan fingerprint density at radius 2 is 1.86 bits per heavy atom. The van der Waals surface area contributed by atoms with Gasteiger partial charge in [-0.3, -0.25) is 9.69 Å². The Kier molecular flexibility index (Phi) is 8.01. The number of likely N-dealkylation sites (N-methyl/N-ethyl adjacent to an activating group) is 2. The number of benzene rings is 1. The van der Waals surface area contributed by atoms with Crippen molar-refractivity contribution in [1.82, 2.24) is 29.7 Å². The maximum Gasteiger partial charge on any atom is 0.239 e. The molecule has 1 saturated heterocycles. The van der Waals surface area contributed by atoms with E-state index in [9.17, 15) is 4.79 Å². The molecule has 2 N–H and O–H groups in total. The highest BCUT2D eigenvalue weighted by atomic mass is 32.1. The molecule has 0 aliphatic carbocycles. The summed E-state index contributed by atoms with van der Waals surface area (Å²) in [6.45, 7) is 12.4. The molecule has 196 valence electrons. The lowest BCUT2D eigenvalue weighted by Crippen LogP contribution is -2.47. The number of anilines is 2. The predicted molar refractivity (Wildman–Crippen MR) is 146 cm³/mol. The van der Waals surface area contributed by atoms with Crippen LogP contribution >= 0.6 is 11.3 Å². The zero-order valence-corrected chi connectivity index (χ0v) is 23.0. The molecule has 0 saturated carbocycles. The lowest BCUT2D eigenvalue weighted by Gasteiger charge is -2.32. The number of hydrogen-bond acceptors (Lipinski definition) is 9.